The highest BCUT2D eigenvalue weighted by molar-refractivity contribution is 7.17. The van der Waals surface area contributed by atoms with Gasteiger partial charge in [0.05, 0.1) is 5.69 Å². The fourth-order valence-corrected chi connectivity index (χ4v) is 3.36. The molecule has 2 amide bonds. The van der Waals surface area contributed by atoms with Crippen LogP contribution >= 0.6 is 34.5 Å². The van der Waals surface area contributed by atoms with Gasteiger partial charge in [0, 0.05) is 21.3 Å². The molecule has 132 valence electrons. The monoisotopic (exact) mass is 405 g/mol. The van der Waals surface area contributed by atoms with Crippen molar-refractivity contribution in [2.75, 3.05) is 10.6 Å². The Morgan fingerprint density at radius 3 is 2.38 bits per heavy atom. The molecule has 3 rings (SSSR count). The zero-order valence-corrected chi connectivity index (χ0v) is 15.9. The van der Waals surface area contributed by atoms with Crippen molar-refractivity contribution in [1.82, 2.24) is 4.98 Å². The molecule has 26 heavy (non-hydrogen) atoms. The van der Waals surface area contributed by atoms with Crippen LogP contribution in [-0.2, 0) is 0 Å². The number of aromatic nitrogens is 1. The first-order valence-electron chi connectivity index (χ1n) is 7.53. The molecule has 2 N–H and O–H groups in total. The standard InChI is InChI=1S/C18H13Cl2N3O2S/c1-10-15(17(25)22-14-4-2-3-13(20)9-14)26-18(21-10)23-16(24)11-5-7-12(19)8-6-11/h2-9H,1H3,(H,22,25)(H,21,23,24). The van der Waals surface area contributed by atoms with E-state index in [9.17, 15) is 9.59 Å². The van der Waals surface area contributed by atoms with Crippen molar-refractivity contribution in [1.29, 1.82) is 0 Å². The quantitative estimate of drug-likeness (QED) is 0.621. The maximum atomic E-state index is 12.4. The first-order valence-corrected chi connectivity index (χ1v) is 9.11. The number of rotatable bonds is 4. The molecule has 0 bridgehead atoms. The van der Waals surface area contributed by atoms with E-state index in [0.29, 0.717) is 37.0 Å². The highest BCUT2D eigenvalue weighted by atomic mass is 35.5. The van der Waals surface area contributed by atoms with Gasteiger partial charge in [-0.05, 0) is 49.4 Å². The van der Waals surface area contributed by atoms with Gasteiger partial charge in [0.25, 0.3) is 11.8 Å². The minimum absolute atomic E-state index is 0.311. The van der Waals surface area contributed by atoms with Crippen molar-refractivity contribution < 1.29 is 9.59 Å². The Hall–Kier alpha value is -2.41. The van der Waals surface area contributed by atoms with Crippen molar-refractivity contribution in [3.8, 4) is 0 Å². The summed E-state index contributed by atoms with van der Waals surface area (Å²) < 4.78 is 0. The zero-order valence-electron chi connectivity index (χ0n) is 13.5. The smallest absolute Gasteiger partial charge is 0.267 e. The molecule has 5 nitrogen and oxygen atoms in total. The number of halogens is 2. The second-order valence-corrected chi connectivity index (χ2v) is 7.23. The van der Waals surface area contributed by atoms with E-state index in [1.165, 1.54) is 0 Å². The van der Waals surface area contributed by atoms with Crippen molar-refractivity contribution in [3.63, 3.8) is 0 Å². The van der Waals surface area contributed by atoms with Gasteiger partial charge in [-0.25, -0.2) is 4.98 Å². The second kappa shape index (κ2) is 7.86. The van der Waals surface area contributed by atoms with Gasteiger partial charge in [0.15, 0.2) is 5.13 Å². The number of carbonyl (C=O) groups excluding carboxylic acids is 2. The van der Waals surface area contributed by atoms with E-state index in [4.69, 9.17) is 23.2 Å². The van der Waals surface area contributed by atoms with Gasteiger partial charge in [-0.15, -0.1) is 0 Å². The average molecular weight is 406 g/mol. The molecule has 0 unspecified atom stereocenters. The van der Waals surface area contributed by atoms with E-state index in [0.717, 1.165) is 11.3 Å². The molecule has 0 spiro atoms. The first-order chi connectivity index (χ1) is 12.4. The number of hydrogen-bond donors (Lipinski definition) is 2. The summed E-state index contributed by atoms with van der Waals surface area (Å²) in [6.07, 6.45) is 0. The molecule has 0 aliphatic carbocycles. The fourth-order valence-electron chi connectivity index (χ4n) is 2.19. The van der Waals surface area contributed by atoms with Gasteiger partial charge < -0.3 is 5.32 Å². The van der Waals surface area contributed by atoms with Crippen LogP contribution in [-0.4, -0.2) is 16.8 Å². The number of amides is 2. The Morgan fingerprint density at radius 1 is 0.962 bits per heavy atom. The number of nitrogens with one attached hydrogen (secondary N) is 2. The summed E-state index contributed by atoms with van der Waals surface area (Å²) in [5.41, 5.74) is 1.56. The summed E-state index contributed by atoms with van der Waals surface area (Å²) in [6, 6.07) is 13.4. The lowest BCUT2D eigenvalue weighted by atomic mass is 10.2. The Kier molecular flexibility index (Phi) is 5.56. The van der Waals surface area contributed by atoms with E-state index < -0.39 is 0 Å². The van der Waals surface area contributed by atoms with E-state index in [2.05, 4.69) is 15.6 Å². The van der Waals surface area contributed by atoms with Crippen LogP contribution in [0.25, 0.3) is 0 Å². The van der Waals surface area contributed by atoms with E-state index in [1.54, 1.807) is 55.5 Å². The molecule has 1 heterocycles. The van der Waals surface area contributed by atoms with Crippen molar-refractivity contribution in [2.24, 2.45) is 0 Å². The summed E-state index contributed by atoms with van der Waals surface area (Å²) in [4.78, 5) is 29.3. The molecule has 1 aromatic heterocycles. The van der Waals surface area contributed by atoms with Gasteiger partial charge in [-0.1, -0.05) is 40.6 Å². The summed E-state index contributed by atoms with van der Waals surface area (Å²) >= 11 is 12.8. The number of hydrogen-bond acceptors (Lipinski definition) is 4. The molecular weight excluding hydrogens is 393 g/mol. The number of carbonyl (C=O) groups is 2. The predicted octanol–water partition coefficient (Wildman–Crippen LogP) is 5.26. The Bertz CT molecular complexity index is 971. The van der Waals surface area contributed by atoms with Crippen LogP contribution in [0.2, 0.25) is 10.0 Å². The topological polar surface area (TPSA) is 71.1 Å². The van der Waals surface area contributed by atoms with Gasteiger partial charge in [-0.3, -0.25) is 14.9 Å². The van der Waals surface area contributed by atoms with Crippen molar-refractivity contribution in [2.45, 2.75) is 6.92 Å². The molecule has 0 saturated heterocycles. The number of nitrogens with zero attached hydrogens (tertiary/aromatic N) is 1. The molecule has 0 saturated carbocycles. The minimum Gasteiger partial charge on any atom is -0.321 e. The number of benzene rings is 2. The second-order valence-electron chi connectivity index (χ2n) is 5.36. The molecular formula is C18H13Cl2N3O2S. The van der Waals surface area contributed by atoms with Crippen LogP contribution in [0.1, 0.15) is 25.7 Å². The predicted molar refractivity (Wildman–Crippen MR) is 106 cm³/mol. The average Bonchev–Trinajstić information content (AvgIpc) is 2.96. The number of anilines is 2. The van der Waals surface area contributed by atoms with Crippen LogP contribution < -0.4 is 10.6 Å². The molecule has 0 radical (unpaired) electrons. The SMILES string of the molecule is Cc1nc(NC(=O)c2ccc(Cl)cc2)sc1C(=O)Nc1cccc(Cl)c1. The lowest BCUT2D eigenvalue weighted by molar-refractivity contribution is 0.102. The lowest BCUT2D eigenvalue weighted by Gasteiger charge is -2.04. The summed E-state index contributed by atoms with van der Waals surface area (Å²) in [5, 5.41) is 6.88. The molecule has 2 aromatic carbocycles. The third-order valence-electron chi connectivity index (χ3n) is 3.41. The number of thiazole rings is 1. The Labute approximate surface area is 164 Å². The van der Waals surface area contributed by atoms with Crippen LogP contribution in [0, 0.1) is 6.92 Å². The molecule has 0 atom stereocenters. The molecule has 0 fully saturated rings. The highest BCUT2D eigenvalue weighted by Crippen LogP contribution is 2.25. The largest absolute Gasteiger partial charge is 0.321 e. The van der Waals surface area contributed by atoms with E-state index in [1.807, 2.05) is 0 Å². The Balaban J connectivity index is 1.73. The molecule has 0 aliphatic rings. The summed E-state index contributed by atoms with van der Waals surface area (Å²) in [7, 11) is 0. The normalized spacial score (nSPS) is 10.4. The zero-order chi connectivity index (χ0) is 18.7. The maximum absolute atomic E-state index is 12.4. The van der Waals surface area contributed by atoms with Crippen LogP contribution in [0.4, 0.5) is 10.8 Å². The van der Waals surface area contributed by atoms with Gasteiger partial charge in [0.2, 0.25) is 0 Å². The third kappa shape index (κ3) is 4.40. The van der Waals surface area contributed by atoms with Crippen LogP contribution in [0.5, 0.6) is 0 Å². The number of aryl methyl sites for hydroxylation is 1. The van der Waals surface area contributed by atoms with Crippen molar-refractivity contribution >= 4 is 57.2 Å². The Morgan fingerprint density at radius 2 is 1.69 bits per heavy atom. The fraction of sp³-hybridized carbons (Fsp3) is 0.0556. The van der Waals surface area contributed by atoms with Crippen molar-refractivity contribution in [3.05, 3.63) is 74.7 Å². The van der Waals surface area contributed by atoms with Crippen LogP contribution in [0.3, 0.4) is 0 Å². The maximum Gasteiger partial charge on any atom is 0.267 e. The summed E-state index contributed by atoms with van der Waals surface area (Å²) in [5.74, 6) is -0.633. The van der Waals surface area contributed by atoms with Gasteiger partial charge >= 0.3 is 0 Å². The first kappa shape index (κ1) is 18.4. The molecule has 3 aromatic rings. The van der Waals surface area contributed by atoms with Gasteiger partial charge in [-0.2, -0.15) is 0 Å². The van der Waals surface area contributed by atoms with Gasteiger partial charge in [0.1, 0.15) is 4.88 Å². The molecule has 0 aliphatic heterocycles. The lowest BCUT2D eigenvalue weighted by Crippen LogP contribution is -2.11. The summed E-state index contributed by atoms with van der Waals surface area (Å²) in [6.45, 7) is 1.71. The van der Waals surface area contributed by atoms with E-state index >= 15 is 0 Å². The highest BCUT2D eigenvalue weighted by Gasteiger charge is 2.17. The minimum atomic E-state index is -0.322. The third-order valence-corrected chi connectivity index (χ3v) is 4.97. The molecule has 8 heteroatoms. The van der Waals surface area contributed by atoms with Crippen LogP contribution in [0.15, 0.2) is 48.5 Å². The van der Waals surface area contributed by atoms with E-state index in [-0.39, 0.29) is 11.8 Å².